The number of morpholine rings is 1. The minimum Gasteiger partial charge on any atom is -0.495 e. The van der Waals surface area contributed by atoms with Crippen LogP contribution in [0.3, 0.4) is 0 Å². The van der Waals surface area contributed by atoms with Crippen LogP contribution in [0.4, 0.5) is 33.2 Å². The van der Waals surface area contributed by atoms with Crippen molar-refractivity contribution < 1.29 is 24.0 Å². The number of urea groups is 1. The van der Waals surface area contributed by atoms with E-state index < -0.39 is 11.0 Å². The Hall–Kier alpha value is -4.88. The summed E-state index contributed by atoms with van der Waals surface area (Å²) in [6, 6.07) is 18.3. The summed E-state index contributed by atoms with van der Waals surface area (Å²) in [4.78, 5) is 43.4. The first-order chi connectivity index (χ1) is 21.4. The second kappa shape index (κ2) is 14.5. The molecule has 2 aliphatic heterocycles. The van der Waals surface area contributed by atoms with Gasteiger partial charge in [0.25, 0.3) is 11.6 Å². The molecule has 0 bridgehead atoms. The van der Waals surface area contributed by atoms with Gasteiger partial charge in [0, 0.05) is 81.6 Å². The molecule has 5 rings (SSSR count). The number of nitrogens with one attached hydrogen (secondary N) is 3. The minimum absolute atomic E-state index is 0.0699. The standard InChI is InChI=1S/C31H37N7O6/c1-43-29-5-3-2-4-28(29)37-16-14-36(15-17-37)27-11-8-24(34-31(40)33-23-6-9-25(10-7-23)38(41)42)22-26(27)30(39)32-12-13-35-18-20-44-21-19-35/h2-11,22H,12-21H2,1H3,(H,32,39)(H2,33,34,40). The molecule has 2 heterocycles. The Morgan fingerprint density at radius 1 is 0.864 bits per heavy atom. The number of carbonyl (C=O) groups excluding carboxylic acids is 2. The number of methoxy groups -OCH3 is 1. The minimum atomic E-state index is -0.532. The highest BCUT2D eigenvalue weighted by Gasteiger charge is 2.24. The Bertz CT molecular complexity index is 1450. The van der Waals surface area contributed by atoms with Crippen molar-refractivity contribution in [1.29, 1.82) is 0 Å². The van der Waals surface area contributed by atoms with Gasteiger partial charge in [-0.1, -0.05) is 12.1 Å². The molecule has 13 heteroatoms. The molecular weight excluding hydrogens is 566 g/mol. The van der Waals surface area contributed by atoms with Crippen molar-refractivity contribution in [3.05, 3.63) is 82.4 Å². The maximum absolute atomic E-state index is 13.5. The molecule has 2 fully saturated rings. The molecule has 2 saturated heterocycles. The summed E-state index contributed by atoms with van der Waals surface area (Å²) in [6.45, 7) is 7.13. The molecule has 0 aromatic heterocycles. The average Bonchev–Trinajstić information content (AvgIpc) is 3.05. The van der Waals surface area contributed by atoms with Crippen molar-refractivity contribution in [3.8, 4) is 5.75 Å². The van der Waals surface area contributed by atoms with Crippen molar-refractivity contribution in [2.75, 3.05) is 93.1 Å². The molecule has 0 atom stereocenters. The van der Waals surface area contributed by atoms with Crippen molar-refractivity contribution in [1.82, 2.24) is 10.2 Å². The lowest BCUT2D eigenvalue weighted by atomic mass is 10.1. The Morgan fingerprint density at radius 3 is 2.18 bits per heavy atom. The summed E-state index contributed by atoms with van der Waals surface area (Å²) in [6.07, 6.45) is 0. The second-order valence-corrected chi connectivity index (χ2v) is 10.5. The van der Waals surface area contributed by atoms with Gasteiger partial charge < -0.3 is 35.2 Å². The van der Waals surface area contributed by atoms with E-state index in [1.165, 1.54) is 24.3 Å². The van der Waals surface area contributed by atoms with Crippen LogP contribution in [0, 0.1) is 10.1 Å². The zero-order valence-electron chi connectivity index (χ0n) is 24.7. The lowest BCUT2D eigenvalue weighted by molar-refractivity contribution is -0.384. The van der Waals surface area contributed by atoms with Gasteiger partial charge in [-0.25, -0.2) is 4.79 Å². The number of amides is 3. The van der Waals surface area contributed by atoms with Gasteiger partial charge in [0.2, 0.25) is 0 Å². The van der Waals surface area contributed by atoms with E-state index in [0.717, 1.165) is 49.8 Å². The predicted octanol–water partition coefficient (Wildman–Crippen LogP) is 3.64. The van der Waals surface area contributed by atoms with Crippen LogP contribution in [0.2, 0.25) is 0 Å². The van der Waals surface area contributed by atoms with Crippen LogP contribution in [0.15, 0.2) is 66.7 Å². The van der Waals surface area contributed by atoms with Gasteiger partial charge in [0.15, 0.2) is 0 Å². The van der Waals surface area contributed by atoms with Crippen molar-refractivity contribution in [3.63, 3.8) is 0 Å². The largest absolute Gasteiger partial charge is 0.495 e. The highest BCUT2D eigenvalue weighted by molar-refractivity contribution is 6.04. The Kier molecular flexibility index (Phi) is 10.1. The lowest BCUT2D eigenvalue weighted by Gasteiger charge is -2.38. The van der Waals surface area contributed by atoms with Crippen LogP contribution in [0.25, 0.3) is 0 Å². The number of non-ortho nitro benzene ring substituents is 1. The smallest absolute Gasteiger partial charge is 0.323 e. The zero-order valence-corrected chi connectivity index (χ0v) is 24.7. The quantitative estimate of drug-likeness (QED) is 0.234. The number of nitro benzene ring substituents is 1. The third-order valence-electron chi connectivity index (χ3n) is 7.70. The van der Waals surface area contributed by atoms with E-state index in [2.05, 4.69) is 30.7 Å². The topological polar surface area (TPSA) is 142 Å². The van der Waals surface area contributed by atoms with Gasteiger partial charge in [-0.15, -0.1) is 0 Å². The summed E-state index contributed by atoms with van der Waals surface area (Å²) >= 11 is 0. The summed E-state index contributed by atoms with van der Waals surface area (Å²) in [5, 5.41) is 19.4. The van der Waals surface area contributed by atoms with Crippen LogP contribution in [-0.4, -0.2) is 94.4 Å². The molecule has 0 radical (unpaired) electrons. The first kappa shape index (κ1) is 30.6. The van der Waals surface area contributed by atoms with Gasteiger partial charge in [-0.3, -0.25) is 19.8 Å². The number of nitro groups is 1. The van der Waals surface area contributed by atoms with E-state index in [4.69, 9.17) is 9.47 Å². The number of hydrogen-bond donors (Lipinski definition) is 3. The van der Waals surface area contributed by atoms with Crippen molar-refractivity contribution in [2.24, 2.45) is 0 Å². The van der Waals surface area contributed by atoms with Crippen LogP contribution in [-0.2, 0) is 4.74 Å². The molecule has 2 aliphatic rings. The highest BCUT2D eigenvalue weighted by Crippen LogP contribution is 2.31. The van der Waals surface area contributed by atoms with Crippen LogP contribution in [0.1, 0.15) is 10.4 Å². The molecule has 232 valence electrons. The van der Waals surface area contributed by atoms with E-state index in [1.807, 2.05) is 30.3 Å². The molecule has 3 aromatic carbocycles. The van der Waals surface area contributed by atoms with E-state index in [9.17, 15) is 19.7 Å². The summed E-state index contributed by atoms with van der Waals surface area (Å²) < 4.78 is 11.0. The Morgan fingerprint density at radius 2 is 1.50 bits per heavy atom. The fraction of sp³-hybridized carbons (Fsp3) is 0.355. The number of anilines is 4. The lowest BCUT2D eigenvalue weighted by Crippen LogP contribution is -2.47. The number of benzene rings is 3. The van der Waals surface area contributed by atoms with Gasteiger partial charge in [0.05, 0.1) is 36.5 Å². The first-order valence-corrected chi connectivity index (χ1v) is 14.6. The molecule has 3 N–H and O–H groups in total. The molecular formula is C31H37N7O6. The van der Waals surface area contributed by atoms with Gasteiger partial charge in [0.1, 0.15) is 5.75 Å². The molecule has 0 spiro atoms. The summed E-state index contributed by atoms with van der Waals surface area (Å²) in [5.74, 6) is 0.601. The zero-order chi connectivity index (χ0) is 30.9. The molecule has 0 aliphatic carbocycles. The normalized spacial score (nSPS) is 15.4. The number of para-hydroxylation sites is 2. The number of carbonyl (C=O) groups is 2. The van der Waals surface area contributed by atoms with E-state index in [0.29, 0.717) is 49.8 Å². The Balaban J connectivity index is 1.28. The molecule has 3 aromatic rings. The fourth-order valence-corrected chi connectivity index (χ4v) is 5.36. The number of nitrogens with zero attached hydrogens (tertiary/aromatic N) is 4. The second-order valence-electron chi connectivity index (χ2n) is 10.5. The molecule has 0 saturated carbocycles. The SMILES string of the molecule is COc1ccccc1N1CCN(c2ccc(NC(=O)Nc3ccc([N+](=O)[O-])cc3)cc2C(=O)NCCN2CCOCC2)CC1. The van der Waals surface area contributed by atoms with Crippen LogP contribution < -0.4 is 30.5 Å². The number of hydrogen-bond acceptors (Lipinski definition) is 9. The monoisotopic (exact) mass is 603 g/mol. The van der Waals surface area contributed by atoms with Gasteiger partial charge in [-0.05, 0) is 42.5 Å². The molecule has 44 heavy (non-hydrogen) atoms. The predicted molar refractivity (Wildman–Crippen MR) is 169 cm³/mol. The molecule has 3 amide bonds. The number of rotatable bonds is 10. The number of piperazine rings is 1. The van der Waals surface area contributed by atoms with Gasteiger partial charge >= 0.3 is 6.03 Å². The molecule has 13 nitrogen and oxygen atoms in total. The van der Waals surface area contributed by atoms with Crippen LogP contribution >= 0.6 is 0 Å². The summed E-state index contributed by atoms with van der Waals surface area (Å²) in [5.41, 5.74) is 3.06. The fourth-order valence-electron chi connectivity index (χ4n) is 5.36. The third-order valence-corrected chi connectivity index (χ3v) is 7.70. The van der Waals surface area contributed by atoms with E-state index in [1.54, 1.807) is 19.2 Å². The van der Waals surface area contributed by atoms with Gasteiger partial charge in [-0.2, -0.15) is 0 Å². The average molecular weight is 604 g/mol. The van der Waals surface area contributed by atoms with Crippen molar-refractivity contribution in [2.45, 2.75) is 0 Å². The maximum atomic E-state index is 13.5. The highest BCUT2D eigenvalue weighted by atomic mass is 16.6. The van der Waals surface area contributed by atoms with Crippen LogP contribution in [0.5, 0.6) is 5.75 Å². The van der Waals surface area contributed by atoms with E-state index in [-0.39, 0.29) is 11.6 Å². The van der Waals surface area contributed by atoms with E-state index >= 15 is 0 Å². The molecule has 0 unspecified atom stereocenters. The van der Waals surface area contributed by atoms with Crippen molar-refractivity contribution >= 4 is 40.4 Å². The third kappa shape index (κ3) is 7.74. The first-order valence-electron chi connectivity index (χ1n) is 14.6. The number of ether oxygens (including phenoxy) is 2. The Labute approximate surface area is 255 Å². The summed E-state index contributed by atoms with van der Waals surface area (Å²) in [7, 11) is 1.67. The maximum Gasteiger partial charge on any atom is 0.323 e.